The van der Waals surface area contributed by atoms with Crippen molar-refractivity contribution < 1.29 is 19.4 Å². The molecule has 1 aliphatic rings. The Morgan fingerprint density at radius 3 is 2.47 bits per heavy atom. The molecule has 1 atom stereocenters. The molecule has 5 nitrogen and oxygen atoms in total. The number of benzene rings is 1. The van der Waals surface area contributed by atoms with Gasteiger partial charge in [-0.15, -0.1) is 0 Å². The van der Waals surface area contributed by atoms with Gasteiger partial charge in [-0.2, -0.15) is 0 Å². The summed E-state index contributed by atoms with van der Waals surface area (Å²) in [5.41, 5.74) is 0.713. The minimum absolute atomic E-state index is 0.0690. The fourth-order valence-electron chi connectivity index (χ4n) is 2.10. The minimum Gasteiger partial charge on any atom is -0.491 e. The maximum Gasteiger partial charge on any atom is 0.308 e. The molecule has 0 saturated carbocycles. The van der Waals surface area contributed by atoms with Crippen LogP contribution in [0.1, 0.15) is 20.3 Å². The van der Waals surface area contributed by atoms with Crippen LogP contribution >= 0.6 is 0 Å². The van der Waals surface area contributed by atoms with E-state index in [0.29, 0.717) is 5.69 Å². The Labute approximate surface area is 111 Å². The van der Waals surface area contributed by atoms with Gasteiger partial charge in [0.25, 0.3) is 0 Å². The molecule has 0 unspecified atom stereocenters. The van der Waals surface area contributed by atoms with Crippen molar-refractivity contribution in [3.63, 3.8) is 0 Å². The number of carbonyl (C=O) groups excluding carboxylic acids is 1. The highest BCUT2D eigenvalue weighted by Gasteiger charge is 2.34. The van der Waals surface area contributed by atoms with Crippen molar-refractivity contribution >= 4 is 17.6 Å². The first kappa shape index (κ1) is 13.4. The quantitative estimate of drug-likeness (QED) is 0.901. The monoisotopic (exact) mass is 263 g/mol. The van der Waals surface area contributed by atoms with Crippen LogP contribution < -0.4 is 9.64 Å². The molecule has 5 heteroatoms. The van der Waals surface area contributed by atoms with Crippen molar-refractivity contribution in [2.24, 2.45) is 5.92 Å². The van der Waals surface area contributed by atoms with E-state index in [0.717, 1.165) is 5.75 Å². The number of ether oxygens (including phenoxy) is 1. The van der Waals surface area contributed by atoms with Gasteiger partial charge in [-0.1, -0.05) is 0 Å². The molecule has 1 heterocycles. The Hall–Kier alpha value is -2.04. The number of carboxylic acid groups (broad SMARTS) is 1. The van der Waals surface area contributed by atoms with Crippen LogP contribution in [0.25, 0.3) is 0 Å². The average Bonchev–Trinajstić information content (AvgIpc) is 2.72. The second kappa shape index (κ2) is 5.30. The van der Waals surface area contributed by atoms with Gasteiger partial charge >= 0.3 is 5.97 Å². The molecule has 1 N–H and O–H groups in total. The molecule has 1 fully saturated rings. The molecular formula is C14H17NO4. The zero-order valence-corrected chi connectivity index (χ0v) is 11.0. The van der Waals surface area contributed by atoms with Crippen molar-refractivity contribution in [2.45, 2.75) is 26.4 Å². The molecule has 0 radical (unpaired) electrons. The lowest BCUT2D eigenvalue weighted by molar-refractivity contribution is -0.141. The standard InChI is InChI=1S/C14H17NO4/c1-9(2)19-12-5-3-11(4-6-12)15-8-10(14(17)18)7-13(15)16/h3-6,9-10H,7-8H2,1-2H3,(H,17,18)/t10-/m0/s1. The molecule has 1 saturated heterocycles. The molecular weight excluding hydrogens is 246 g/mol. The Kier molecular flexibility index (Phi) is 3.74. The summed E-state index contributed by atoms with van der Waals surface area (Å²) in [4.78, 5) is 24.2. The van der Waals surface area contributed by atoms with Crippen LogP contribution in [0, 0.1) is 5.92 Å². The van der Waals surface area contributed by atoms with Gasteiger partial charge in [0.1, 0.15) is 5.75 Å². The summed E-state index contributed by atoms with van der Waals surface area (Å²) in [6.07, 6.45) is 0.162. The van der Waals surface area contributed by atoms with Crippen molar-refractivity contribution in [3.8, 4) is 5.75 Å². The number of hydrogen-bond acceptors (Lipinski definition) is 3. The van der Waals surface area contributed by atoms with E-state index in [-0.39, 0.29) is 25.0 Å². The lowest BCUT2D eigenvalue weighted by Crippen LogP contribution is -2.25. The van der Waals surface area contributed by atoms with E-state index < -0.39 is 11.9 Å². The third kappa shape index (κ3) is 3.05. The number of carbonyl (C=O) groups is 2. The van der Waals surface area contributed by atoms with Crippen LogP contribution in [0.5, 0.6) is 5.75 Å². The maximum atomic E-state index is 11.8. The van der Waals surface area contributed by atoms with Gasteiger partial charge in [0.15, 0.2) is 0 Å². The fraction of sp³-hybridized carbons (Fsp3) is 0.429. The van der Waals surface area contributed by atoms with Crippen LogP contribution in [0.3, 0.4) is 0 Å². The van der Waals surface area contributed by atoms with Crippen LogP contribution in [-0.2, 0) is 9.59 Å². The average molecular weight is 263 g/mol. The zero-order valence-electron chi connectivity index (χ0n) is 11.0. The van der Waals surface area contributed by atoms with Crippen LogP contribution in [0.15, 0.2) is 24.3 Å². The van der Waals surface area contributed by atoms with E-state index in [1.165, 1.54) is 4.90 Å². The summed E-state index contributed by atoms with van der Waals surface area (Å²) in [7, 11) is 0. The number of hydrogen-bond donors (Lipinski definition) is 1. The molecule has 0 aliphatic carbocycles. The first-order valence-electron chi connectivity index (χ1n) is 6.27. The van der Waals surface area contributed by atoms with E-state index in [1.54, 1.807) is 24.3 Å². The highest BCUT2D eigenvalue weighted by atomic mass is 16.5. The van der Waals surface area contributed by atoms with E-state index in [2.05, 4.69) is 0 Å². The Balaban J connectivity index is 2.10. The highest BCUT2D eigenvalue weighted by molar-refractivity contribution is 5.99. The predicted molar refractivity (Wildman–Crippen MR) is 70.3 cm³/mol. The molecule has 1 amide bonds. The first-order chi connectivity index (χ1) is 8.97. The van der Waals surface area contributed by atoms with Crippen LogP contribution in [0.2, 0.25) is 0 Å². The first-order valence-corrected chi connectivity index (χ1v) is 6.27. The van der Waals surface area contributed by atoms with E-state index in [1.807, 2.05) is 13.8 Å². The molecule has 1 aliphatic heterocycles. The van der Waals surface area contributed by atoms with E-state index >= 15 is 0 Å². The molecule has 1 aromatic carbocycles. The predicted octanol–water partition coefficient (Wildman–Crippen LogP) is 1.91. The molecule has 1 aromatic rings. The lowest BCUT2D eigenvalue weighted by Gasteiger charge is -2.17. The SMILES string of the molecule is CC(C)Oc1ccc(N2C[C@@H](C(=O)O)CC2=O)cc1. The van der Waals surface area contributed by atoms with Crippen molar-refractivity contribution in [2.75, 3.05) is 11.4 Å². The molecule has 0 aromatic heterocycles. The summed E-state index contributed by atoms with van der Waals surface area (Å²) in [6, 6.07) is 7.13. The second-order valence-electron chi connectivity index (χ2n) is 4.90. The summed E-state index contributed by atoms with van der Waals surface area (Å²) in [6.45, 7) is 4.11. The van der Waals surface area contributed by atoms with Gasteiger partial charge in [-0.25, -0.2) is 0 Å². The molecule has 0 spiro atoms. The van der Waals surface area contributed by atoms with Gasteiger partial charge in [-0.05, 0) is 38.1 Å². The maximum absolute atomic E-state index is 11.8. The molecule has 0 bridgehead atoms. The van der Waals surface area contributed by atoms with Crippen LogP contribution in [0.4, 0.5) is 5.69 Å². The third-order valence-electron chi connectivity index (χ3n) is 2.99. The Morgan fingerprint density at radius 2 is 2.00 bits per heavy atom. The summed E-state index contributed by atoms with van der Waals surface area (Å²) < 4.78 is 5.52. The molecule has 19 heavy (non-hydrogen) atoms. The van der Waals surface area contributed by atoms with Gasteiger partial charge in [0, 0.05) is 18.7 Å². The fourth-order valence-corrected chi connectivity index (χ4v) is 2.10. The van der Waals surface area contributed by atoms with Gasteiger partial charge in [0.2, 0.25) is 5.91 Å². The smallest absolute Gasteiger partial charge is 0.308 e. The number of anilines is 1. The van der Waals surface area contributed by atoms with Gasteiger partial charge in [0.05, 0.1) is 12.0 Å². The van der Waals surface area contributed by atoms with E-state index in [4.69, 9.17) is 9.84 Å². The van der Waals surface area contributed by atoms with E-state index in [9.17, 15) is 9.59 Å². The highest BCUT2D eigenvalue weighted by Crippen LogP contribution is 2.27. The van der Waals surface area contributed by atoms with Gasteiger partial charge < -0.3 is 14.7 Å². The second-order valence-corrected chi connectivity index (χ2v) is 4.90. The molecule has 2 rings (SSSR count). The number of nitrogens with zero attached hydrogens (tertiary/aromatic N) is 1. The zero-order chi connectivity index (χ0) is 14.0. The summed E-state index contributed by atoms with van der Waals surface area (Å²) >= 11 is 0. The number of carboxylic acids is 1. The lowest BCUT2D eigenvalue weighted by atomic mass is 10.1. The van der Waals surface area contributed by atoms with Crippen LogP contribution in [-0.4, -0.2) is 29.6 Å². The van der Waals surface area contributed by atoms with Crippen molar-refractivity contribution in [3.05, 3.63) is 24.3 Å². The number of amides is 1. The Morgan fingerprint density at radius 1 is 1.37 bits per heavy atom. The largest absolute Gasteiger partial charge is 0.491 e. The minimum atomic E-state index is -0.921. The normalized spacial score (nSPS) is 19.0. The summed E-state index contributed by atoms with van der Waals surface area (Å²) in [5.74, 6) is -0.945. The summed E-state index contributed by atoms with van der Waals surface area (Å²) in [5, 5.41) is 8.94. The third-order valence-corrected chi connectivity index (χ3v) is 2.99. The topological polar surface area (TPSA) is 66.8 Å². The van der Waals surface area contributed by atoms with Crippen molar-refractivity contribution in [1.29, 1.82) is 0 Å². The number of aliphatic carboxylic acids is 1. The molecule has 102 valence electrons. The Bertz CT molecular complexity index is 481. The van der Waals surface area contributed by atoms with Crippen molar-refractivity contribution in [1.82, 2.24) is 0 Å². The van der Waals surface area contributed by atoms with Gasteiger partial charge in [-0.3, -0.25) is 9.59 Å². The number of rotatable bonds is 4.